The van der Waals surface area contributed by atoms with Crippen molar-refractivity contribution in [1.29, 1.82) is 0 Å². The lowest BCUT2D eigenvalue weighted by Crippen LogP contribution is -2.62. The third-order valence-corrected chi connectivity index (χ3v) is 12.1. The van der Waals surface area contributed by atoms with E-state index in [0.717, 1.165) is 0 Å². The lowest BCUT2D eigenvalue weighted by atomic mass is 9.99. The summed E-state index contributed by atoms with van der Waals surface area (Å²) in [6.07, 6.45) is -0.515. The number of aliphatic hydroxyl groups excluding tert-OH is 3. The van der Waals surface area contributed by atoms with Crippen molar-refractivity contribution in [2.24, 2.45) is 29.0 Å². The van der Waals surface area contributed by atoms with Crippen LogP contribution in [0.4, 0.5) is 0 Å². The van der Waals surface area contributed by atoms with Crippen LogP contribution in [0, 0.1) is 11.8 Å². The van der Waals surface area contributed by atoms with Gasteiger partial charge >= 0.3 is 0 Å². The Kier molecular flexibility index (Phi) is 27.3. The summed E-state index contributed by atoms with van der Waals surface area (Å²) in [5, 5.41) is 50.4. The van der Waals surface area contributed by atoms with E-state index in [1.165, 1.54) is 23.6 Å². The predicted octanol–water partition coefficient (Wildman–Crippen LogP) is -6.08. The van der Waals surface area contributed by atoms with Gasteiger partial charge < -0.3 is 84.9 Å². The molecule has 10 unspecified atom stereocenters. The maximum Gasteiger partial charge on any atom is 0.248 e. The SMILES string of the molecule is CC(C)CC(NC(=O)C(NC(=O)C(CCCCN)NC(=O)CCN)C(C)O)C(=O)NC(CC(C)C)C(=O)N1CCCC1C(=O)NC(C(=O)N1CCCC1C(=O)NCC(=O)NCC(=O)NC(CO)C(N)=O)C(C)O. The van der Waals surface area contributed by atoms with Gasteiger partial charge in [0.1, 0.15) is 48.3 Å². The van der Waals surface area contributed by atoms with Crippen LogP contribution in [-0.2, 0) is 52.7 Å². The zero-order chi connectivity index (χ0) is 55.1. The number of rotatable bonds is 31. The topological polar surface area (TPSA) is 429 Å². The second-order valence-electron chi connectivity index (χ2n) is 19.4. The van der Waals surface area contributed by atoms with Gasteiger partial charge in [-0.3, -0.25) is 52.7 Å². The van der Waals surface area contributed by atoms with Crippen LogP contribution in [-0.4, -0.2) is 197 Å². The van der Waals surface area contributed by atoms with Crippen LogP contribution in [0.1, 0.15) is 106 Å². The summed E-state index contributed by atoms with van der Waals surface area (Å²) >= 11 is 0. The third kappa shape index (κ3) is 20.8. The molecule has 0 saturated carbocycles. The summed E-state index contributed by atoms with van der Waals surface area (Å²) in [6.45, 7) is 8.34. The molecule has 2 rings (SSSR count). The number of carbonyl (C=O) groups excluding carboxylic acids is 11. The van der Waals surface area contributed by atoms with Crippen LogP contribution in [0.15, 0.2) is 0 Å². The molecule has 2 heterocycles. The number of nitrogens with two attached hydrogens (primary N) is 3. The molecule has 2 fully saturated rings. The molecule has 10 atom stereocenters. The minimum Gasteiger partial charge on any atom is -0.394 e. The van der Waals surface area contributed by atoms with Gasteiger partial charge in [0.05, 0.1) is 31.9 Å². The number of amides is 11. The highest BCUT2D eigenvalue weighted by atomic mass is 16.3. The zero-order valence-electron chi connectivity index (χ0n) is 42.9. The molecule has 2 aliphatic rings. The minimum absolute atomic E-state index is 0.0368. The van der Waals surface area contributed by atoms with Crippen molar-refractivity contribution in [3.8, 4) is 0 Å². The van der Waals surface area contributed by atoms with Crippen LogP contribution in [0.2, 0.25) is 0 Å². The molecule has 27 heteroatoms. The lowest BCUT2D eigenvalue weighted by Gasteiger charge is -2.33. The molecular weight excluding hydrogens is 959 g/mol. The van der Waals surface area contributed by atoms with Crippen molar-refractivity contribution in [3.05, 3.63) is 0 Å². The number of nitrogens with zero attached hydrogens (tertiary/aromatic N) is 2. The average Bonchev–Trinajstić information content (AvgIpc) is 4.02. The van der Waals surface area contributed by atoms with Crippen LogP contribution in [0.25, 0.3) is 0 Å². The number of primary amides is 1. The highest BCUT2D eigenvalue weighted by Gasteiger charge is 2.43. The smallest absolute Gasteiger partial charge is 0.248 e. The number of hydrogen-bond acceptors (Lipinski definition) is 16. The molecule has 0 spiro atoms. The Hall–Kier alpha value is -6.03. The first-order valence-electron chi connectivity index (χ1n) is 25.0. The van der Waals surface area contributed by atoms with Crippen LogP contribution < -0.4 is 59.7 Å². The maximum absolute atomic E-state index is 14.4. The molecule has 0 aromatic rings. The Morgan fingerprint density at radius 1 is 0.548 bits per heavy atom. The van der Waals surface area contributed by atoms with Gasteiger partial charge in [-0.15, -0.1) is 0 Å². The van der Waals surface area contributed by atoms with E-state index in [1.54, 1.807) is 13.8 Å². The fourth-order valence-corrected chi connectivity index (χ4v) is 8.35. The van der Waals surface area contributed by atoms with Crippen molar-refractivity contribution in [2.75, 3.05) is 45.9 Å². The summed E-state index contributed by atoms with van der Waals surface area (Å²) in [5.74, 6) is -8.80. The Labute approximate surface area is 425 Å². The maximum atomic E-state index is 14.4. The zero-order valence-corrected chi connectivity index (χ0v) is 42.9. The molecule has 73 heavy (non-hydrogen) atoms. The monoisotopic (exact) mass is 1040 g/mol. The fraction of sp³-hybridized carbons (Fsp3) is 0.761. The second-order valence-corrected chi connectivity index (χ2v) is 19.4. The van der Waals surface area contributed by atoms with Gasteiger partial charge in [-0.1, -0.05) is 27.7 Å². The summed E-state index contributed by atoms with van der Waals surface area (Å²) in [6, 6.07) is -10.3. The van der Waals surface area contributed by atoms with Crippen molar-refractivity contribution in [3.63, 3.8) is 0 Å². The van der Waals surface area contributed by atoms with Crippen molar-refractivity contribution >= 4 is 65.0 Å². The first-order valence-corrected chi connectivity index (χ1v) is 25.0. The molecule has 2 saturated heterocycles. The van der Waals surface area contributed by atoms with E-state index >= 15 is 0 Å². The van der Waals surface area contributed by atoms with Crippen molar-refractivity contribution < 1.29 is 68.1 Å². The minimum atomic E-state index is -1.57. The Morgan fingerprint density at radius 3 is 1.60 bits per heavy atom. The number of unbranched alkanes of at least 4 members (excludes halogenated alkanes) is 1. The third-order valence-electron chi connectivity index (χ3n) is 12.1. The van der Waals surface area contributed by atoms with Crippen LogP contribution >= 0.6 is 0 Å². The molecule has 17 N–H and O–H groups in total. The predicted molar refractivity (Wildman–Crippen MR) is 262 cm³/mol. The summed E-state index contributed by atoms with van der Waals surface area (Å²) in [7, 11) is 0. The van der Waals surface area contributed by atoms with E-state index in [0.29, 0.717) is 32.2 Å². The molecule has 414 valence electrons. The standard InChI is InChI=1S/C46H81N13O14/c1-24(2)19-29(54-44(71)37(26(5)61)56-40(67)28(11-7-8-15-47)52-34(63)14-16-48)41(68)55-30(20-25(3)4)45(72)58-17-10-13-33(58)43(70)57-38(27(6)62)46(73)59-18-9-12-32(59)42(69)51-21-35(64)50-22-36(65)53-31(23-60)39(49)66/h24-33,37-38,60-62H,7-23,47-48H2,1-6H3,(H2,49,66)(H,50,64)(H,51,69)(H,52,63)(H,53,65)(H,54,71)(H,55,68)(H,56,67)(H,57,70). The number of nitrogens with one attached hydrogen (secondary N) is 8. The first kappa shape index (κ1) is 63.1. The van der Waals surface area contributed by atoms with Gasteiger partial charge in [-0.2, -0.15) is 0 Å². The van der Waals surface area contributed by atoms with Gasteiger partial charge in [-0.05, 0) is 90.0 Å². The summed E-state index contributed by atoms with van der Waals surface area (Å²) in [5.41, 5.74) is 16.2. The summed E-state index contributed by atoms with van der Waals surface area (Å²) in [4.78, 5) is 148. The van der Waals surface area contributed by atoms with E-state index in [9.17, 15) is 63.0 Å². The van der Waals surface area contributed by atoms with Crippen molar-refractivity contribution in [2.45, 2.75) is 166 Å². The fourth-order valence-electron chi connectivity index (χ4n) is 8.35. The largest absolute Gasteiger partial charge is 0.394 e. The molecule has 0 radical (unpaired) electrons. The van der Waals surface area contributed by atoms with Gasteiger partial charge in [-0.25, -0.2) is 0 Å². The van der Waals surface area contributed by atoms with Gasteiger partial charge in [0.2, 0.25) is 65.0 Å². The van der Waals surface area contributed by atoms with Crippen LogP contribution in [0.3, 0.4) is 0 Å². The molecule has 0 aromatic carbocycles. The normalized spacial score (nSPS) is 18.8. The van der Waals surface area contributed by atoms with E-state index in [2.05, 4.69) is 42.5 Å². The summed E-state index contributed by atoms with van der Waals surface area (Å²) < 4.78 is 0. The Bertz CT molecular complexity index is 1920. The Morgan fingerprint density at radius 2 is 1.07 bits per heavy atom. The molecule has 27 nitrogen and oxygen atoms in total. The van der Waals surface area contributed by atoms with E-state index in [4.69, 9.17) is 22.3 Å². The highest BCUT2D eigenvalue weighted by molar-refractivity contribution is 5.99. The molecular formula is C46H81N13O14. The van der Waals surface area contributed by atoms with E-state index < -0.39 is 145 Å². The second kappa shape index (κ2) is 31.5. The molecule has 2 aliphatic heterocycles. The molecule has 0 aromatic heterocycles. The van der Waals surface area contributed by atoms with Gasteiger partial charge in [0.15, 0.2) is 0 Å². The molecule has 11 amide bonds. The van der Waals surface area contributed by atoms with E-state index in [-0.39, 0.29) is 70.0 Å². The number of hydrogen-bond donors (Lipinski definition) is 14. The van der Waals surface area contributed by atoms with Gasteiger partial charge in [0.25, 0.3) is 0 Å². The Balaban J connectivity index is 2.21. The van der Waals surface area contributed by atoms with Gasteiger partial charge in [0, 0.05) is 26.1 Å². The van der Waals surface area contributed by atoms with E-state index in [1.807, 2.05) is 13.8 Å². The average molecular weight is 1040 g/mol. The first-order chi connectivity index (χ1) is 34.4. The quantitative estimate of drug-likeness (QED) is 0.0287. The van der Waals surface area contributed by atoms with Crippen molar-refractivity contribution in [1.82, 2.24) is 52.3 Å². The number of likely N-dealkylation sites (tertiary alicyclic amines) is 2. The highest BCUT2D eigenvalue weighted by Crippen LogP contribution is 2.23. The number of carbonyl (C=O) groups is 11. The lowest BCUT2D eigenvalue weighted by molar-refractivity contribution is -0.146. The van der Waals surface area contributed by atoms with Crippen LogP contribution in [0.5, 0.6) is 0 Å². The molecule has 0 bridgehead atoms. The number of aliphatic hydroxyl groups is 3. The molecule has 0 aliphatic carbocycles.